The van der Waals surface area contributed by atoms with Crippen LogP contribution in [0.3, 0.4) is 0 Å². The summed E-state index contributed by atoms with van der Waals surface area (Å²) in [5.41, 5.74) is 3.26. The molecule has 1 aliphatic rings. The number of carbonyl (C=O) groups excluding carboxylic acids is 2. The molecule has 10 nitrogen and oxygen atoms in total. The zero-order valence-corrected chi connectivity index (χ0v) is 14.3. The number of aliphatic hydroxyl groups is 2. The molecule has 1 aromatic carbocycles. The van der Waals surface area contributed by atoms with Gasteiger partial charge in [-0.1, -0.05) is 18.2 Å². The van der Waals surface area contributed by atoms with Gasteiger partial charge >= 0.3 is 5.97 Å². The highest BCUT2D eigenvalue weighted by Crippen LogP contribution is 2.29. The van der Waals surface area contributed by atoms with Crippen LogP contribution in [0, 0.1) is 5.95 Å². The quantitative estimate of drug-likeness (QED) is 0.544. The van der Waals surface area contributed by atoms with Gasteiger partial charge in [0.1, 0.15) is 24.9 Å². The molecule has 4 atom stereocenters. The highest BCUT2D eigenvalue weighted by Gasteiger charge is 2.45. The largest absolute Gasteiger partial charge is 0.459 e. The Balaban J connectivity index is 1.77. The number of hydrogen-bond donors (Lipinski definition) is 3. The maximum atomic E-state index is 13.6. The molecule has 2 heterocycles. The SMILES string of the molecule is NC(=O)c1nc(F)cn(C2OC(COC(=O)c3ccccc3)C(O)C2O)c1=O. The van der Waals surface area contributed by atoms with Crippen molar-refractivity contribution in [3.63, 3.8) is 0 Å². The van der Waals surface area contributed by atoms with Crippen molar-refractivity contribution in [3.8, 4) is 0 Å². The van der Waals surface area contributed by atoms with Gasteiger partial charge < -0.3 is 25.4 Å². The lowest BCUT2D eigenvalue weighted by atomic mass is 10.1. The number of aliphatic hydroxyl groups excluding tert-OH is 2. The summed E-state index contributed by atoms with van der Waals surface area (Å²) in [5, 5.41) is 20.3. The van der Waals surface area contributed by atoms with E-state index in [1.807, 2.05) is 0 Å². The first-order chi connectivity index (χ1) is 13.3. The van der Waals surface area contributed by atoms with Gasteiger partial charge in [-0.05, 0) is 12.1 Å². The summed E-state index contributed by atoms with van der Waals surface area (Å²) in [6.45, 7) is -0.437. The van der Waals surface area contributed by atoms with Gasteiger partial charge in [0.15, 0.2) is 11.9 Å². The minimum Gasteiger partial charge on any atom is -0.459 e. The first-order valence-corrected chi connectivity index (χ1v) is 8.12. The summed E-state index contributed by atoms with van der Waals surface area (Å²) in [6.07, 6.45) is -5.35. The van der Waals surface area contributed by atoms with E-state index < -0.39 is 60.2 Å². The number of primary amides is 1. The Morgan fingerprint density at radius 2 is 1.93 bits per heavy atom. The van der Waals surface area contributed by atoms with E-state index in [0.29, 0.717) is 10.8 Å². The van der Waals surface area contributed by atoms with Crippen LogP contribution in [0.5, 0.6) is 0 Å². The molecule has 4 unspecified atom stereocenters. The Morgan fingerprint density at radius 1 is 1.25 bits per heavy atom. The lowest BCUT2D eigenvalue weighted by Gasteiger charge is -2.17. The lowest BCUT2D eigenvalue weighted by Crippen LogP contribution is -2.38. The molecule has 0 radical (unpaired) electrons. The van der Waals surface area contributed by atoms with E-state index in [0.717, 1.165) is 0 Å². The summed E-state index contributed by atoms with van der Waals surface area (Å²) < 4.78 is 24.6. The Labute approximate surface area is 156 Å². The highest BCUT2D eigenvalue weighted by atomic mass is 19.1. The van der Waals surface area contributed by atoms with Crippen LogP contribution in [-0.4, -0.2) is 56.6 Å². The molecule has 1 fully saturated rings. The van der Waals surface area contributed by atoms with E-state index in [1.54, 1.807) is 18.2 Å². The zero-order chi connectivity index (χ0) is 20.4. The topological polar surface area (TPSA) is 154 Å². The number of ether oxygens (including phenoxy) is 2. The third-order valence-corrected chi connectivity index (χ3v) is 4.13. The predicted octanol–water partition coefficient (Wildman–Crippen LogP) is -1.04. The standard InChI is InChI=1S/C17H16FN3O7/c18-10-6-21(15(25)11(20-10)14(19)24)16-13(23)12(22)9(28-16)7-27-17(26)8-4-2-1-3-5-8/h1-6,9,12-13,16,22-23H,7H2,(H2,19,24). The third-order valence-electron chi connectivity index (χ3n) is 4.13. The molecule has 4 N–H and O–H groups in total. The van der Waals surface area contributed by atoms with Crippen molar-refractivity contribution in [3.05, 3.63) is 64.1 Å². The number of rotatable bonds is 5. The molecule has 3 rings (SSSR count). The smallest absolute Gasteiger partial charge is 0.338 e. The van der Waals surface area contributed by atoms with Crippen molar-refractivity contribution >= 4 is 11.9 Å². The molecule has 28 heavy (non-hydrogen) atoms. The normalized spacial score (nSPS) is 24.1. The molecular formula is C17H16FN3O7. The number of aromatic nitrogens is 2. The second kappa shape index (κ2) is 7.84. The fourth-order valence-corrected chi connectivity index (χ4v) is 2.74. The van der Waals surface area contributed by atoms with Crippen LogP contribution in [0.15, 0.2) is 41.3 Å². The predicted molar refractivity (Wildman–Crippen MR) is 89.6 cm³/mol. The molecule has 0 bridgehead atoms. The van der Waals surface area contributed by atoms with Crippen LogP contribution in [-0.2, 0) is 9.47 Å². The Morgan fingerprint density at radius 3 is 2.57 bits per heavy atom. The monoisotopic (exact) mass is 393 g/mol. The van der Waals surface area contributed by atoms with Gasteiger partial charge in [-0.3, -0.25) is 14.2 Å². The fourth-order valence-electron chi connectivity index (χ4n) is 2.74. The van der Waals surface area contributed by atoms with Crippen molar-refractivity contribution in [1.82, 2.24) is 9.55 Å². The average Bonchev–Trinajstić information content (AvgIpc) is 2.96. The fraction of sp³-hybridized carbons (Fsp3) is 0.294. The maximum absolute atomic E-state index is 13.6. The number of nitrogens with two attached hydrogens (primary N) is 1. The third kappa shape index (κ3) is 3.76. The van der Waals surface area contributed by atoms with Crippen LogP contribution >= 0.6 is 0 Å². The number of hydrogen-bond acceptors (Lipinski definition) is 8. The summed E-state index contributed by atoms with van der Waals surface area (Å²) in [7, 11) is 0. The summed E-state index contributed by atoms with van der Waals surface area (Å²) in [4.78, 5) is 38.6. The number of carbonyl (C=O) groups is 2. The number of benzene rings is 1. The lowest BCUT2D eigenvalue weighted by molar-refractivity contribution is -0.0598. The van der Waals surface area contributed by atoms with Crippen molar-refractivity contribution in [2.75, 3.05) is 6.61 Å². The van der Waals surface area contributed by atoms with E-state index in [9.17, 15) is 29.0 Å². The van der Waals surface area contributed by atoms with Crippen LogP contribution in [0.2, 0.25) is 0 Å². The van der Waals surface area contributed by atoms with Gasteiger partial charge in [0.05, 0.1) is 11.8 Å². The first kappa shape index (κ1) is 19.6. The minimum atomic E-state index is -1.67. The first-order valence-electron chi connectivity index (χ1n) is 8.12. The molecule has 0 saturated carbocycles. The van der Waals surface area contributed by atoms with Gasteiger partial charge in [-0.2, -0.15) is 4.39 Å². The van der Waals surface area contributed by atoms with Crippen molar-refractivity contribution < 1.29 is 33.7 Å². The number of esters is 1. The van der Waals surface area contributed by atoms with Crippen LogP contribution in [0.4, 0.5) is 4.39 Å². The van der Waals surface area contributed by atoms with E-state index in [2.05, 4.69) is 4.98 Å². The molecule has 0 aliphatic carbocycles. The van der Waals surface area contributed by atoms with Crippen LogP contribution in [0.25, 0.3) is 0 Å². The molecular weight excluding hydrogens is 377 g/mol. The Hall–Kier alpha value is -3.15. The van der Waals surface area contributed by atoms with Crippen LogP contribution in [0.1, 0.15) is 27.1 Å². The molecule has 1 aliphatic heterocycles. The molecule has 11 heteroatoms. The molecule has 2 aromatic rings. The Kier molecular flexibility index (Phi) is 5.49. The Bertz CT molecular complexity index is 950. The van der Waals surface area contributed by atoms with Crippen molar-refractivity contribution in [1.29, 1.82) is 0 Å². The van der Waals surface area contributed by atoms with E-state index in [-0.39, 0.29) is 5.56 Å². The van der Waals surface area contributed by atoms with Gasteiger partial charge in [0, 0.05) is 0 Å². The second-order valence-electron chi connectivity index (χ2n) is 6.00. The van der Waals surface area contributed by atoms with E-state index >= 15 is 0 Å². The number of nitrogens with zero attached hydrogens (tertiary/aromatic N) is 2. The summed E-state index contributed by atoms with van der Waals surface area (Å²) >= 11 is 0. The van der Waals surface area contributed by atoms with E-state index in [4.69, 9.17) is 15.2 Å². The van der Waals surface area contributed by atoms with Gasteiger partial charge in [-0.15, -0.1) is 0 Å². The van der Waals surface area contributed by atoms with Gasteiger partial charge in [0.25, 0.3) is 11.5 Å². The molecule has 1 amide bonds. The number of halogens is 1. The summed E-state index contributed by atoms with van der Waals surface area (Å²) in [5.74, 6) is -3.16. The van der Waals surface area contributed by atoms with Crippen LogP contribution < -0.4 is 11.3 Å². The minimum absolute atomic E-state index is 0.269. The van der Waals surface area contributed by atoms with Gasteiger partial charge in [0.2, 0.25) is 5.95 Å². The van der Waals surface area contributed by atoms with E-state index in [1.165, 1.54) is 12.1 Å². The zero-order valence-electron chi connectivity index (χ0n) is 14.3. The highest BCUT2D eigenvalue weighted by molar-refractivity contribution is 5.90. The molecule has 0 spiro atoms. The second-order valence-corrected chi connectivity index (χ2v) is 6.00. The molecule has 148 valence electrons. The molecule has 1 saturated heterocycles. The maximum Gasteiger partial charge on any atom is 0.338 e. The number of amides is 1. The molecule has 1 aromatic heterocycles. The van der Waals surface area contributed by atoms with Gasteiger partial charge in [-0.25, -0.2) is 9.78 Å². The van der Waals surface area contributed by atoms with Crippen molar-refractivity contribution in [2.24, 2.45) is 5.73 Å². The summed E-state index contributed by atoms with van der Waals surface area (Å²) in [6, 6.07) is 8.04. The average molecular weight is 393 g/mol. The van der Waals surface area contributed by atoms with Crippen molar-refractivity contribution in [2.45, 2.75) is 24.5 Å².